The summed E-state index contributed by atoms with van der Waals surface area (Å²) in [6.45, 7) is 3.99. The maximum atomic E-state index is 11.1. The molecule has 2 heterocycles. The van der Waals surface area contributed by atoms with Crippen LogP contribution in [0.5, 0.6) is 11.6 Å². The van der Waals surface area contributed by atoms with Crippen LogP contribution < -0.4 is 4.74 Å². The second kappa shape index (κ2) is 5.18. The first-order chi connectivity index (χ1) is 8.86. The van der Waals surface area contributed by atoms with Crippen LogP contribution in [0.3, 0.4) is 0 Å². The highest BCUT2D eigenvalue weighted by atomic mass is 35.7. The maximum absolute atomic E-state index is 11.1. The van der Waals surface area contributed by atoms with E-state index in [1.54, 1.807) is 17.1 Å². The number of ether oxygens (including phenoxy) is 1. The summed E-state index contributed by atoms with van der Waals surface area (Å²) in [5, 5.41) is 4.12. The zero-order valence-corrected chi connectivity index (χ0v) is 11.9. The minimum absolute atomic E-state index is 0.0700. The van der Waals surface area contributed by atoms with Crippen LogP contribution in [0.25, 0.3) is 0 Å². The zero-order valence-electron chi connectivity index (χ0n) is 10.3. The second-order valence-corrected chi connectivity index (χ2v) is 6.69. The molecule has 0 amide bonds. The van der Waals surface area contributed by atoms with Gasteiger partial charge in [-0.25, -0.2) is 13.4 Å². The summed E-state index contributed by atoms with van der Waals surface area (Å²) in [5.41, 5.74) is 0. The fourth-order valence-electron chi connectivity index (χ4n) is 1.35. The van der Waals surface area contributed by atoms with E-state index < -0.39 is 9.05 Å². The van der Waals surface area contributed by atoms with E-state index >= 15 is 0 Å². The molecule has 0 aromatic carbocycles. The molecule has 6 nitrogen and oxygen atoms in total. The lowest BCUT2D eigenvalue weighted by molar-refractivity contribution is 0.458. The highest BCUT2D eigenvalue weighted by molar-refractivity contribution is 8.13. The van der Waals surface area contributed by atoms with E-state index in [2.05, 4.69) is 10.1 Å². The summed E-state index contributed by atoms with van der Waals surface area (Å²) in [4.78, 5) is 3.80. The van der Waals surface area contributed by atoms with Crippen molar-refractivity contribution in [1.29, 1.82) is 0 Å². The summed E-state index contributed by atoms with van der Waals surface area (Å²) in [6, 6.07) is 2.99. The van der Waals surface area contributed by atoms with Crippen molar-refractivity contribution in [2.75, 3.05) is 0 Å². The summed E-state index contributed by atoms with van der Waals surface area (Å²) < 4.78 is 29.3. The molecule has 0 spiro atoms. The van der Waals surface area contributed by atoms with Gasteiger partial charge in [-0.2, -0.15) is 5.10 Å². The molecule has 0 radical (unpaired) electrons. The summed E-state index contributed by atoms with van der Waals surface area (Å²) in [7, 11) is 1.43. The molecule has 2 rings (SSSR count). The SMILES string of the molecule is CC(C)n1cc(Oc2ccc(S(=O)(=O)Cl)cn2)cn1. The number of aromatic nitrogens is 3. The number of pyridine rings is 1. The first-order valence-corrected chi connectivity index (χ1v) is 7.80. The third-order valence-electron chi connectivity index (χ3n) is 2.32. The van der Waals surface area contributed by atoms with Crippen LogP contribution in [0.1, 0.15) is 19.9 Å². The Morgan fingerprint density at radius 2 is 2.05 bits per heavy atom. The van der Waals surface area contributed by atoms with Crippen LogP contribution in [0.2, 0.25) is 0 Å². The molecular weight excluding hydrogens is 290 g/mol. The van der Waals surface area contributed by atoms with Gasteiger partial charge in [-0.3, -0.25) is 4.68 Å². The third-order valence-corrected chi connectivity index (χ3v) is 3.66. The lowest BCUT2D eigenvalue weighted by atomic mass is 10.4. The van der Waals surface area contributed by atoms with Crippen LogP contribution in [0.4, 0.5) is 0 Å². The van der Waals surface area contributed by atoms with Gasteiger partial charge in [-0.05, 0) is 19.9 Å². The van der Waals surface area contributed by atoms with Gasteiger partial charge in [0.2, 0.25) is 5.88 Å². The lowest BCUT2D eigenvalue weighted by Crippen LogP contribution is -1.99. The van der Waals surface area contributed by atoms with Crippen molar-refractivity contribution in [3.63, 3.8) is 0 Å². The molecule has 8 heteroatoms. The Bertz CT molecular complexity index is 665. The van der Waals surface area contributed by atoms with Gasteiger partial charge in [0.25, 0.3) is 9.05 Å². The Morgan fingerprint density at radius 1 is 1.32 bits per heavy atom. The monoisotopic (exact) mass is 301 g/mol. The van der Waals surface area contributed by atoms with E-state index in [0.29, 0.717) is 5.75 Å². The van der Waals surface area contributed by atoms with Crippen molar-refractivity contribution in [2.45, 2.75) is 24.8 Å². The van der Waals surface area contributed by atoms with Gasteiger partial charge in [-0.15, -0.1) is 0 Å². The predicted molar refractivity (Wildman–Crippen MR) is 70.0 cm³/mol. The first kappa shape index (κ1) is 13.8. The molecule has 0 aliphatic rings. The Hall–Kier alpha value is -1.60. The maximum Gasteiger partial charge on any atom is 0.262 e. The Labute approximate surface area is 115 Å². The molecule has 0 atom stereocenters. The minimum atomic E-state index is -3.76. The fraction of sp³-hybridized carbons (Fsp3) is 0.273. The molecule has 0 fully saturated rings. The van der Waals surface area contributed by atoms with Gasteiger partial charge in [0, 0.05) is 22.8 Å². The smallest absolute Gasteiger partial charge is 0.262 e. The third kappa shape index (κ3) is 3.45. The highest BCUT2D eigenvalue weighted by Crippen LogP contribution is 2.21. The molecule has 0 aliphatic heterocycles. The average molecular weight is 302 g/mol. The van der Waals surface area contributed by atoms with Crippen molar-refractivity contribution in [2.24, 2.45) is 0 Å². The van der Waals surface area contributed by atoms with Crippen LogP contribution in [-0.2, 0) is 9.05 Å². The summed E-state index contributed by atoms with van der Waals surface area (Å²) in [6.07, 6.45) is 4.44. The van der Waals surface area contributed by atoms with Crippen molar-refractivity contribution in [1.82, 2.24) is 14.8 Å². The quantitative estimate of drug-likeness (QED) is 0.811. The van der Waals surface area contributed by atoms with Crippen molar-refractivity contribution >= 4 is 19.7 Å². The van der Waals surface area contributed by atoms with E-state index in [1.807, 2.05) is 13.8 Å². The molecule has 0 unspecified atom stereocenters. The number of hydrogen-bond donors (Lipinski definition) is 0. The van der Waals surface area contributed by atoms with Gasteiger partial charge in [0.05, 0.1) is 18.6 Å². The van der Waals surface area contributed by atoms with Gasteiger partial charge in [0.15, 0.2) is 5.75 Å². The van der Waals surface area contributed by atoms with Crippen LogP contribution >= 0.6 is 10.7 Å². The topological polar surface area (TPSA) is 74.1 Å². The Balaban J connectivity index is 2.15. The molecule has 19 heavy (non-hydrogen) atoms. The summed E-state index contributed by atoms with van der Waals surface area (Å²) >= 11 is 0. The normalized spacial score (nSPS) is 11.8. The Morgan fingerprint density at radius 3 is 2.53 bits per heavy atom. The predicted octanol–water partition coefficient (Wildman–Crippen LogP) is 2.58. The number of hydrogen-bond acceptors (Lipinski definition) is 5. The van der Waals surface area contributed by atoms with Crippen molar-refractivity contribution in [3.8, 4) is 11.6 Å². The molecule has 2 aromatic rings. The molecule has 0 aliphatic carbocycles. The van der Waals surface area contributed by atoms with Crippen LogP contribution in [0.15, 0.2) is 35.6 Å². The average Bonchev–Trinajstić information content (AvgIpc) is 2.77. The van der Waals surface area contributed by atoms with Gasteiger partial charge < -0.3 is 4.74 Å². The molecule has 0 bridgehead atoms. The van der Waals surface area contributed by atoms with E-state index in [0.717, 1.165) is 6.20 Å². The minimum Gasteiger partial charge on any atom is -0.436 e. The van der Waals surface area contributed by atoms with E-state index in [4.69, 9.17) is 15.4 Å². The first-order valence-electron chi connectivity index (χ1n) is 5.49. The molecule has 0 N–H and O–H groups in total. The second-order valence-electron chi connectivity index (χ2n) is 4.12. The molecule has 0 saturated carbocycles. The van der Waals surface area contributed by atoms with Gasteiger partial charge >= 0.3 is 0 Å². The molecular formula is C11H12ClN3O3S. The van der Waals surface area contributed by atoms with Crippen molar-refractivity contribution < 1.29 is 13.2 Å². The fourth-order valence-corrected chi connectivity index (χ4v) is 2.03. The largest absolute Gasteiger partial charge is 0.436 e. The van der Waals surface area contributed by atoms with Gasteiger partial charge in [-0.1, -0.05) is 0 Å². The molecule has 2 aromatic heterocycles. The number of halogens is 1. The van der Waals surface area contributed by atoms with E-state index in [-0.39, 0.29) is 16.8 Å². The Kier molecular flexibility index (Phi) is 3.77. The van der Waals surface area contributed by atoms with E-state index in [1.165, 1.54) is 12.1 Å². The zero-order chi connectivity index (χ0) is 14.0. The number of rotatable bonds is 4. The van der Waals surface area contributed by atoms with E-state index in [9.17, 15) is 8.42 Å². The van der Waals surface area contributed by atoms with Crippen LogP contribution in [0, 0.1) is 0 Å². The lowest BCUT2D eigenvalue weighted by Gasteiger charge is -2.04. The van der Waals surface area contributed by atoms with Crippen LogP contribution in [-0.4, -0.2) is 23.2 Å². The van der Waals surface area contributed by atoms with Crippen molar-refractivity contribution in [3.05, 3.63) is 30.7 Å². The summed E-state index contributed by atoms with van der Waals surface area (Å²) in [5.74, 6) is 0.801. The standard InChI is InChI=1S/C11H12ClN3O3S/c1-8(2)15-7-9(5-14-15)18-11-4-3-10(6-13-11)19(12,16)17/h3-8H,1-2H3. The molecule has 0 saturated heterocycles. The highest BCUT2D eigenvalue weighted by Gasteiger charge is 2.11. The molecule has 102 valence electrons. The number of nitrogens with zero attached hydrogens (tertiary/aromatic N) is 3. The van der Waals surface area contributed by atoms with Gasteiger partial charge in [0.1, 0.15) is 4.90 Å².